The Bertz CT molecular complexity index is 440. The van der Waals surface area contributed by atoms with Crippen LogP contribution in [0.4, 0.5) is 10.6 Å². The van der Waals surface area contributed by atoms with Gasteiger partial charge in [-0.25, -0.2) is 9.80 Å². The van der Waals surface area contributed by atoms with Gasteiger partial charge in [0, 0.05) is 27.4 Å². The zero-order valence-electron chi connectivity index (χ0n) is 11.8. The van der Waals surface area contributed by atoms with E-state index in [4.69, 9.17) is 4.52 Å². The average molecular weight is 270 g/mol. The van der Waals surface area contributed by atoms with Crippen molar-refractivity contribution < 1.29 is 12.2 Å². The number of urea groups is 1. The maximum Gasteiger partial charge on any atom is 0.335 e. The molecule has 0 unspecified atom stereocenters. The topological polar surface area (TPSA) is 70.4 Å². The van der Waals surface area contributed by atoms with Crippen LogP contribution in [0.3, 0.4) is 0 Å². The standard InChI is InChI=1S/C13H22N4O2.2H2/c1-13(2,3)10-9-11(16-19-10)14-12(18)15-17-7-5-4-6-8-17;;/h9H,4-8H2,1-3H3,(H2,14,15,16,18);2*1H. The lowest BCUT2D eigenvalue weighted by Gasteiger charge is -2.26. The predicted octanol–water partition coefficient (Wildman–Crippen LogP) is 2.99. The molecule has 0 radical (unpaired) electrons. The van der Waals surface area contributed by atoms with Crippen molar-refractivity contribution >= 4 is 11.8 Å². The number of carbonyl (C=O) groups excluding carboxylic acids is 1. The third kappa shape index (κ3) is 3.96. The molecular weight excluding hydrogens is 244 g/mol. The first-order valence-corrected chi connectivity index (χ1v) is 6.75. The largest absolute Gasteiger partial charge is 0.359 e. The number of piperidine rings is 1. The highest BCUT2D eigenvalue weighted by atomic mass is 16.5. The highest BCUT2D eigenvalue weighted by Crippen LogP contribution is 2.24. The van der Waals surface area contributed by atoms with Crippen LogP contribution in [-0.2, 0) is 5.41 Å². The smallest absolute Gasteiger partial charge is 0.335 e. The molecule has 1 aliphatic rings. The quantitative estimate of drug-likeness (QED) is 0.866. The summed E-state index contributed by atoms with van der Waals surface area (Å²) in [4.78, 5) is 11.8. The van der Waals surface area contributed by atoms with Gasteiger partial charge in [-0.2, -0.15) is 0 Å². The number of hydrogen-bond donors (Lipinski definition) is 2. The number of aromatic nitrogens is 1. The van der Waals surface area contributed by atoms with Crippen LogP contribution in [0.15, 0.2) is 10.6 Å². The first-order chi connectivity index (χ1) is 8.95. The maximum absolute atomic E-state index is 11.8. The van der Waals surface area contributed by atoms with E-state index in [1.807, 2.05) is 25.8 Å². The van der Waals surface area contributed by atoms with Crippen molar-refractivity contribution in [3.05, 3.63) is 11.8 Å². The third-order valence-corrected chi connectivity index (χ3v) is 3.11. The van der Waals surface area contributed by atoms with E-state index in [0.717, 1.165) is 31.7 Å². The molecule has 0 spiro atoms. The Morgan fingerprint density at radius 2 is 2.05 bits per heavy atom. The monoisotopic (exact) mass is 270 g/mol. The van der Waals surface area contributed by atoms with Crippen LogP contribution < -0.4 is 10.7 Å². The second-order valence-electron chi connectivity index (χ2n) is 5.94. The molecule has 0 aromatic carbocycles. The molecule has 2 heterocycles. The van der Waals surface area contributed by atoms with Gasteiger partial charge in [-0.1, -0.05) is 32.3 Å². The van der Waals surface area contributed by atoms with Gasteiger partial charge in [-0.3, -0.25) is 10.7 Å². The fraction of sp³-hybridized carbons (Fsp3) is 0.692. The van der Waals surface area contributed by atoms with Crippen LogP contribution in [0, 0.1) is 0 Å². The van der Waals surface area contributed by atoms with Gasteiger partial charge in [0.2, 0.25) is 0 Å². The summed E-state index contributed by atoms with van der Waals surface area (Å²) in [7, 11) is 0. The first-order valence-electron chi connectivity index (χ1n) is 6.75. The Balaban J connectivity index is 0.00000200. The number of amides is 2. The van der Waals surface area contributed by atoms with Gasteiger partial charge in [0.15, 0.2) is 5.82 Å². The second-order valence-corrected chi connectivity index (χ2v) is 5.94. The molecule has 1 aliphatic heterocycles. The van der Waals surface area contributed by atoms with E-state index in [0.29, 0.717) is 5.82 Å². The highest BCUT2D eigenvalue weighted by Gasteiger charge is 2.20. The molecule has 19 heavy (non-hydrogen) atoms. The Hall–Kier alpha value is -1.56. The molecule has 110 valence electrons. The third-order valence-electron chi connectivity index (χ3n) is 3.11. The predicted molar refractivity (Wildman–Crippen MR) is 77.0 cm³/mol. The highest BCUT2D eigenvalue weighted by molar-refractivity contribution is 5.87. The lowest BCUT2D eigenvalue weighted by Crippen LogP contribution is -2.46. The fourth-order valence-electron chi connectivity index (χ4n) is 1.98. The van der Waals surface area contributed by atoms with Gasteiger partial charge in [-0.15, -0.1) is 0 Å². The number of nitrogens with zero attached hydrogens (tertiary/aromatic N) is 2. The van der Waals surface area contributed by atoms with E-state index < -0.39 is 0 Å². The van der Waals surface area contributed by atoms with Crippen molar-refractivity contribution in [3.8, 4) is 0 Å². The van der Waals surface area contributed by atoms with E-state index in [1.54, 1.807) is 6.07 Å². The van der Waals surface area contributed by atoms with E-state index in [9.17, 15) is 4.79 Å². The Labute approximate surface area is 116 Å². The molecule has 1 saturated heterocycles. The number of carbonyl (C=O) groups is 1. The number of nitrogens with one attached hydrogen (secondary N) is 2. The molecule has 0 saturated carbocycles. The van der Waals surface area contributed by atoms with Gasteiger partial charge in [0.25, 0.3) is 0 Å². The number of hydrogen-bond acceptors (Lipinski definition) is 4. The Kier molecular flexibility index (Phi) is 4.09. The lowest BCUT2D eigenvalue weighted by molar-refractivity contribution is 0.162. The fourth-order valence-corrected chi connectivity index (χ4v) is 1.98. The normalized spacial score (nSPS) is 17.2. The van der Waals surface area contributed by atoms with Crippen molar-refractivity contribution in [1.29, 1.82) is 0 Å². The van der Waals surface area contributed by atoms with Crippen LogP contribution in [0.5, 0.6) is 0 Å². The second kappa shape index (κ2) is 5.61. The van der Waals surface area contributed by atoms with Gasteiger partial charge >= 0.3 is 6.03 Å². The summed E-state index contributed by atoms with van der Waals surface area (Å²) in [6, 6.07) is 1.49. The zero-order valence-corrected chi connectivity index (χ0v) is 11.8. The summed E-state index contributed by atoms with van der Waals surface area (Å²) in [5.41, 5.74) is 2.70. The number of hydrazine groups is 1. The molecule has 6 heteroatoms. The minimum Gasteiger partial charge on any atom is -0.359 e. The molecule has 1 fully saturated rings. The Morgan fingerprint density at radius 3 is 2.63 bits per heavy atom. The maximum atomic E-state index is 11.8. The SMILES string of the molecule is CC(C)(C)c1cc(NC(=O)NN2CCCCC2)no1.[HH].[HH]. The summed E-state index contributed by atoms with van der Waals surface area (Å²) in [6.45, 7) is 7.90. The van der Waals surface area contributed by atoms with Gasteiger partial charge in [0.1, 0.15) is 5.76 Å². The summed E-state index contributed by atoms with van der Waals surface area (Å²) in [5, 5.41) is 8.47. The summed E-state index contributed by atoms with van der Waals surface area (Å²) >= 11 is 0. The summed E-state index contributed by atoms with van der Waals surface area (Å²) in [6.07, 6.45) is 3.48. The molecule has 6 nitrogen and oxygen atoms in total. The van der Waals surface area contributed by atoms with E-state index >= 15 is 0 Å². The van der Waals surface area contributed by atoms with E-state index in [1.165, 1.54) is 6.42 Å². The molecule has 1 aromatic heterocycles. The number of rotatable bonds is 2. The van der Waals surface area contributed by atoms with Crippen molar-refractivity contribution in [1.82, 2.24) is 15.6 Å². The van der Waals surface area contributed by atoms with Crippen molar-refractivity contribution in [2.24, 2.45) is 0 Å². The molecule has 2 N–H and O–H groups in total. The van der Waals surface area contributed by atoms with Crippen molar-refractivity contribution in [2.45, 2.75) is 45.4 Å². The van der Waals surface area contributed by atoms with Crippen LogP contribution in [-0.4, -0.2) is 29.3 Å². The Morgan fingerprint density at radius 1 is 1.37 bits per heavy atom. The molecule has 2 amide bonds. The molecule has 0 atom stereocenters. The molecule has 0 aliphatic carbocycles. The van der Waals surface area contributed by atoms with Crippen LogP contribution >= 0.6 is 0 Å². The molecular formula is C13H26N4O2. The van der Waals surface area contributed by atoms with Gasteiger partial charge in [0.05, 0.1) is 0 Å². The van der Waals surface area contributed by atoms with Crippen LogP contribution in [0.2, 0.25) is 0 Å². The van der Waals surface area contributed by atoms with Gasteiger partial charge < -0.3 is 4.52 Å². The summed E-state index contributed by atoms with van der Waals surface area (Å²) in [5.74, 6) is 1.19. The minimum absolute atomic E-state index is 0. The molecule has 0 bridgehead atoms. The minimum atomic E-state index is -0.268. The van der Waals surface area contributed by atoms with Crippen molar-refractivity contribution in [3.63, 3.8) is 0 Å². The van der Waals surface area contributed by atoms with Gasteiger partial charge in [-0.05, 0) is 12.8 Å². The molecule has 1 aromatic rings. The van der Waals surface area contributed by atoms with Crippen LogP contribution in [0.1, 0.15) is 48.6 Å². The lowest BCUT2D eigenvalue weighted by atomic mass is 9.93. The average Bonchev–Trinajstić information content (AvgIpc) is 2.78. The van der Waals surface area contributed by atoms with E-state index in [2.05, 4.69) is 15.9 Å². The molecule has 2 rings (SSSR count). The van der Waals surface area contributed by atoms with Crippen LogP contribution in [0.25, 0.3) is 0 Å². The first kappa shape index (κ1) is 13.9. The number of anilines is 1. The zero-order chi connectivity index (χ0) is 13.9. The van der Waals surface area contributed by atoms with Crippen molar-refractivity contribution in [2.75, 3.05) is 18.4 Å². The summed E-state index contributed by atoms with van der Waals surface area (Å²) < 4.78 is 5.21. The van der Waals surface area contributed by atoms with E-state index in [-0.39, 0.29) is 14.3 Å².